The third-order valence-corrected chi connectivity index (χ3v) is 2.67. The summed E-state index contributed by atoms with van der Waals surface area (Å²) in [5, 5.41) is 4.15. The minimum Gasteiger partial charge on any atom is -0.466 e. The maximum Gasteiger partial charge on any atom is 0.214 e. The topological polar surface area (TPSA) is 48.0 Å². The van der Waals surface area contributed by atoms with Crippen LogP contribution in [0.4, 0.5) is 0 Å². The summed E-state index contributed by atoms with van der Waals surface area (Å²) >= 11 is 0. The second kappa shape index (κ2) is 4.57. The van der Waals surface area contributed by atoms with E-state index in [1.54, 1.807) is 29.9 Å². The highest BCUT2D eigenvalue weighted by molar-refractivity contribution is 6.08. The SMILES string of the molecule is CCCn1nccc1C(=O)c1cc(C)oc1C. The van der Waals surface area contributed by atoms with Crippen molar-refractivity contribution in [2.45, 2.75) is 33.7 Å². The van der Waals surface area contributed by atoms with E-state index in [4.69, 9.17) is 4.42 Å². The van der Waals surface area contributed by atoms with Gasteiger partial charge in [-0.25, -0.2) is 0 Å². The van der Waals surface area contributed by atoms with Gasteiger partial charge in [-0.1, -0.05) is 6.92 Å². The first-order valence-electron chi connectivity index (χ1n) is 5.77. The zero-order chi connectivity index (χ0) is 12.4. The fraction of sp³-hybridized carbons (Fsp3) is 0.385. The van der Waals surface area contributed by atoms with E-state index in [-0.39, 0.29) is 5.78 Å². The van der Waals surface area contributed by atoms with Crippen LogP contribution in [0.1, 0.15) is 40.9 Å². The van der Waals surface area contributed by atoms with Crippen LogP contribution < -0.4 is 0 Å². The van der Waals surface area contributed by atoms with Crippen LogP contribution in [0.15, 0.2) is 22.7 Å². The first-order chi connectivity index (χ1) is 8.13. The standard InChI is InChI=1S/C13H16N2O2/c1-4-7-15-12(5-6-14-15)13(16)11-8-9(2)17-10(11)3/h5-6,8H,4,7H2,1-3H3. The number of ketones is 1. The molecule has 90 valence electrons. The molecule has 0 unspecified atom stereocenters. The molecule has 0 saturated carbocycles. The van der Waals surface area contributed by atoms with Crippen molar-refractivity contribution in [1.29, 1.82) is 0 Å². The van der Waals surface area contributed by atoms with Crippen LogP contribution in [0.3, 0.4) is 0 Å². The van der Waals surface area contributed by atoms with Gasteiger partial charge in [-0.3, -0.25) is 9.48 Å². The van der Waals surface area contributed by atoms with Crippen molar-refractivity contribution in [2.24, 2.45) is 0 Å². The van der Waals surface area contributed by atoms with Crippen molar-refractivity contribution >= 4 is 5.78 Å². The van der Waals surface area contributed by atoms with Gasteiger partial charge >= 0.3 is 0 Å². The summed E-state index contributed by atoms with van der Waals surface area (Å²) in [4.78, 5) is 12.3. The molecule has 0 saturated heterocycles. The van der Waals surface area contributed by atoms with Crippen molar-refractivity contribution in [3.8, 4) is 0 Å². The molecular formula is C13H16N2O2. The Labute approximate surface area is 100 Å². The van der Waals surface area contributed by atoms with Gasteiger partial charge in [0.2, 0.25) is 5.78 Å². The lowest BCUT2D eigenvalue weighted by molar-refractivity contribution is 0.102. The van der Waals surface area contributed by atoms with Crippen molar-refractivity contribution < 1.29 is 9.21 Å². The van der Waals surface area contributed by atoms with Crippen LogP contribution in [0.2, 0.25) is 0 Å². The van der Waals surface area contributed by atoms with Crippen LogP contribution in [-0.4, -0.2) is 15.6 Å². The van der Waals surface area contributed by atoms with Crippen molar-refractivity contribution in [2.75, 3.05) is 0 Å². The third kappa shape index (κ3) is 2.16. The molecule has 17 heavy (non-hydrogen) atoms. The van der Waals surface area contributed by atoms with E-state index in [9.17, 15) is 4.79 Å². The molecule has 0 aliphatic rings. The Bertz CT molecular complexity index is 537. The number of rotatable bonds is 4. The predicted molar refractivity (Wildman–Crippen MR) is 64.1 cm³/mol. The number of aromatic nitrogens is 2. The van der Waals surface area contributed by atoms with Gasteiger partial charge in [0.1, 0.15) is 17.2 Å². The summed E-state index contributed by atoms with van der Waals surface area (Å²) in [5.74, 6) is 1.40. The lowest BCUT2D eigenvalue weighted by Crippen LogP contribution is -2.11. The van der Waals surface area contributed by atoms with E-state index in [1.165, 1.54) is 0 Å². The van der Waals surface area contributed by atoms with Crippen LogP contribution in [0.25, 0.3) is 0 Å². The smallest absolute Gasteiger partial charge is 0.214 e. The maximum atomic E-state index is 12.3. The summed E-state index contributed by atoms with van der Waals surface area (Å²) in [7, 11) is 0. The average Bonchev–Trinajstić information content (AvgIpc) is 2.85. The molecule has 2 heterocycles. The van der Waals surface area contributed by atoms with Gasteiger partial charge in [-0.05, 0) is 32.4 Å². The largest absolute Gasteiger partial charge is 0.466 e. The lowest BCUT2D eigenvalue weighted by Gasteiger charge is -2.04. The predicted octanol–water partition coefficient (Wildman–Crippen LogP) is 2.73. The normalized spacial score (nSPS) is 10.8. The molecule has 4 nitrogen and oxygen atoms in total. The highest BCUT2D eigenvalue weighted by Crippen LogP contribution is 2.18. The quantitative estimate of drug-likeness (QED) is 0.761. The highest BCUT2D eigenvalue weighted by atomic mass is 16.3. The monoisotopic (exact) mass is 232 g/mol. The molecule has 0 amide bonds. The van der Waals surface area contributed by atoms with Crippen LogP contribution >= 0.6 is 0 Å². The molecule has 0 fully saturated rings. The van der Waals surface area contributed by atoms with Crippen molar-refractivity contribution in [1.82, 2.24) is 9.78 Å². The van der Waals surface area contributed by atoms with Gasteiger partial charge in [0.05, 0.1) is 5.56 Å². The highest BCUT2D eigenvalue weighted by Gasteiger charge is 2.18. The molecule has 0 aromatic carbocycles. The Morgan fingerprint density at radius 3 is 2.82 bits per heavy atom. The van der Waals surface area contributed by atoms with Gasteiger partial charge in [-0.15, -0.1) is 0 Å². The second-order valence-electron chi connectivity index (χ2n) is 4.10. The first kappa shape index (κ1) is 11.6. The summed E-state index contributed by atoms with van der Waals surface area (Å²) in [6.07, 6.45) is 2.61. The molecule has 4 heteroatoms. The van der Waals surface area contributed by atoms with Crippen molar-refractivity contribution in [3.05, 3.63) is 41.1 Å². The number of carbonyl (C=O) groups is 1. The number of aryl methyl sites for hydroxylation is 3. The fourth-order valence-corrected chi connectivity index (χ4v) is 1.91. The molecule has 0 aliphatic heterocycles. The summed E-state index contributed by atoms with van der Waals surface area (Å²) in [5.41, 5.74) is 1.25. The number of furan rings is 1. The second-order valence-corrected chi connectivity index (χ2v) is 4.10. The minimum atomic E-state index is -0.0229. The number of hydrogen-bond acceptors (Lipinski definition) is 3. The summed E-state index contributed by atoms with van der Waals surface area (Å²) < 4.78 is 7.12. The molecule has 2 aromatic rings. The van der Waals surface area contributed by atoms with Gasteiger partial charge in [0.25, 0.3) is 0 Å². The van der Waals surface area contributed by atoms with Crippen LogP contribution in [0.5, 0.6) is 0 Å². The Balaban J connectivity index is 2.37. The van der Waals surface area contributed by atoms with Crippen LogP contribution in [-0.2, 0) is 6.54 Å². The summed E-state index contributed by atoms with van der Waals surface area (Å²) in [6.45, 7) is 6.46. The minimum absolute atomic E-state index is 0.0229. The number of hydrogen-bond donors (Lipinski definition) is 0. The van der Waals surface area contributed by atoms with E-state index >= 15 is 0 Å². The molecule has 0 radical (unpaired) electrons. The fourth-order valence-electron chi connectivity index (χ4n) is 1.91. The Morgan fingerprint density at radius 1 is 1.47 bits per heavy atom. The van der Waals surface area contributed by atoms with Gasteiger partial charge < -0.3 is 4.42 Å². The van der Waals surface area contributed by atoms with Gasteiger partial charge in [0, 0.05) is 12.7 Å². The Kier molecular flexibility index (Phi) is 3.13. The van der Waals surface area contributed by atoms with E-state index < -0.39 is 0 Å². The van der Waals surface area contributed by atoms with E-state index in [1.807, 2.05) is 6.92 Å². The average molecular weight is 232 g/mol. The Morgan fingerprint density at radius 2 is 2.24 bits per heavy atom. The van der Waals surface area contributed by atoms with E-state index in [2.05, 4.69) is 12.0 Å². The zero-order valence-electron chi connectivity index (χ0n) is 10.4. The van der Waals surface area contributed by atoms with E-state index in [0.717, 1.165) is 18.7 Å². The van der Waals surface area contributed by atoms with Crippen LogP contribution in [0, 0.1) is 13.8 Å². The molecular weight excluding hydrogens is 216 g/mol. The third-order valence-electron chi connectivity index (χ3n) is 2.67. The molecule has 2 rings (SSSR count). The number of carbonyl (C=O) groups excluding carboxylic acids is 1. The molecule has 0 spiro atoms. The van der Waals surface area contributed by atoms with Gasteiger partial charge in [-0.2, -0.15) is 5.10 Å². The lowest BCUT2D eigenvalue weighted by atomic mass is 10.1. The molecule has 2 aromatic heterocycles. The maximum absolute atomic E-state index is 12.3. The molecule has 0 N–H and O–H groups in total. The molecule has 0 aliphatic carbocycles. The van der Waals surface area contributed by atoms with E-state index in [0.29, 0.717) is 17.0 Å². The number of nitrogens with zero attached hydrogens (tertiary/aromatic N) is 2. The first-order valence-corrected chi connectivity index (χ1v) is 5.77. The Hall–Kier alpha value is -1.84. The molecule has 0 bridgehead atoms. The zero-order valence-corrected chi connectivity index (χ0v) is 10.4. The van der Waals surface area contributed by atoms with Crippen molar-refractivity contribution in [3.63, 3.8) is 0 Å². The van der Waals surface area contributed by atoms with Gasteiger partial charge in [0.15, 0.2) is 0 Å². The molecule has 0 atom stereocenters. The summed E-state index contributed by atoms with van der Waals surface area (Å²) in [6, 6.07) is 3.53.